The van der Waals surface area contributed by atoms with Crippen LogP contribution in [-0.4, -0.2) is 77.0 Å². The molecule has 0 saturated carbocycles. The molecule has 1 aromatic carbocycles. The molecule has 2 fully saturated rings. The van der Waals surface area contributed by atoms with Crippen molar-refractivity contribution in [2.75, 3.05) is 51.2 Å². The van der Waals surface area contributed by atoms with Gasteiger partial charge in [-0.2, -0.15) is 0 Å². The van der Waals surface area contributed by atoms with Gasteiger partial charge in [0.1, 0.15) is 0 Å². The highest BCUT2D eigenvalue weighted by molar-refractivity contribution is 5.83. The largest absolute Gasteiger partial charge is 0.341 e. The van der Waals surface area contributed by atoms with Crippen molar-refractivity contribution < 1.29 is 4.79 Å². The highest BCUT2D eigenvalue weighted by atomic mass is 16.2. The van der Waals surface area contributed by atoms with E-state index in [0.29, 0.717) is 11.8 Å². The lowest BCUT2D eigenvalue weighted by Gasteiger charge is -2.41. The van der Waals surface area contributed by atoms with Gasteiger partial charge in [0.25, 0.3) is 0 Å². The van der Waals surface area contributed by atoms with Gasteiger partial charge in [0, 0.05) is 68.7 Å². The van der Waals surface area contributed by atoms with Gasteiger partial charge in [0.2, 0.25) is 11.9 Å². The average Bonchev–Trinajstić information content (AvgIpc) is 3.05. The Morgan fingerprint density at radius 3 is 2.56 bits per heavy atom. The van der Waals surface area contributed by atoms with Crippen LogP contribution in [0.25, 0.3) is 10.9 Å². The smallest absolute Gasteiger partial charge is 0.228 e. The van der Waals surface area contributed by atoms with E-state index in [2.05, 4.69) is 67.9 Å². The first kappa shape index (κ1) is 22.7. The van der Waals surface area contributed by atoms with E-state index in [4.69, 9.17) is 0 Å². The topological polar surface area (TPSA) is 65.5 Å². The maximum absolute atomic E-state index is 13.8. The van der Waals surface area contributed by atoms with Crippen LogP contribution in [0.3, 0.4) is 0 Å². The molecule has 2 aliphatic rings. The predicted octanol–water partition coefficient (Wildman–Crippen LogP) is 3.26. The van der Waals surface area contributed by atoms with E-state index >= 15 is 0 Å². The first-order chi connectivity index (χ1) is 16.5. The summed E-state index contributed by atoms with van der Waals surface area (Å²) in [7, 11) is 2.17. The van der Waals surface area contributed by atoms with Gasteiger partial charge in [-0.3, -0.25) is 9.78 Å². The SMILES string of the molecule is CN1CCN(C(=O)C2(C)CCN(c3ncccn3)CC2)CC(Cc2cnc3ccccc3c2)C1. The summed E-state index contributed by atoms with van der Waals surface area (Å²) >= 11 is 0. The summed E-state index contributed by atoms with van der Waals surface area (Å²) in [5.74, 6) is 1.45. The lowest BCUT2D eigenvalue weighted by atomic mass is 9.79. The summed E-state index contributed by atoms with van der Waals surface area (Å²) < 4.78 is 0. The third-order valence-corrected chi connectivity index (χ3v) is 7.48. The highest BCUT2D eigenvalue weighted by Gasteiger charge is 2.41. The van der Waals surface area contributed by atoms with Gasteiger partial charge < -0.3 is 14.7 Å². The number of piperidine rings is 1. The molecular weight excluding hydrogens is 424 g/mol. The third kappa shape index (κ3) is 4.89. The first-order valence-corrected chi connectivity index (χ1v) is 12.3. The predicted molar refractivity (Wildman–Crippen MR) is 135 cm³/mol. The Balaban J connectivity index is 1.26. The van der Waals surface area contributed by atoms with Crippen LogP contribution in [0.2, 0.25) is 0 Å². The number of benzene rings is 1. The fourth-order valence-electron chi connectivity index (χ4n) is 5.41. The standard InChI is InChI=1S/C27H34N6O/c1-27(8-12-32(13-9-27)26-28-10-5-11-29-26)25(34)33-15-14-31(2)19-22(20-33)16-21-17-23-6-3-4-7-24(23)30-18-21/h3-7,10-11,17-18,22H,8-9,12-16,19-20H2,1-2H3. The zero-order valence-electron chi connectivity index (χ0n) is 20.2. The quantitative estimate of drug-likeness (QED) is 0.598. The van der Waals surface area contributed by atoms with Crippen molar-refractivity contribution >= 4 is 22.8 Å². The Morgan fingerprint density at radius 2 is 1.76 bits per heavy atom. The number of amides is 1. The normalized spacial score (nSPS) is 21.4. The number of carbonyl (C=O) groups is 1. The molecule has 0 radical (unpaired) electrons. The second-order valence-electron chi connectivity index (χ2n) is 10.2. The van der Waals surface area contributed by atoms with Gasteiger partial charge in [-0.15, -0.1) is 0 Å². The monoisotopic (exact) mass is 458 g/mol. The summed E-state index contributed by atoms with van der Waals surface area (Å²) in [6.07, 6.45) is 8.15. The Bertz CT molecular complexity index is 1130. The molecule has 0 N–H and O–H groups in total. The fraction of sp³-hybridized carbons (Fsp3) is 0.481. The van der Waals surface area contributed by atoms with Crippen molar-refractivity contribution in [1.29, 1.82) is 0 Å². The summed E-state index contributed by atoms with van der Waals surface area (Å²) in [5.41, 5.74) is 1.94. The average molecular weight is 459 g/mol. The molecule has 2 aromatic heterocycles. The maximum atomic E-state index is 13.8. The maximum Gasteiger partial charge on any atom is 0.228 e. The van der Waals surface area contributed by atoms with Crippen molar-refractivity contribution in [1.82, 2.24) is 24.8 Å². The molecule has 4 heterocycles. The van der Waals surface area contributed by atoms with Crippen molar-refractivity contribution in [3.63, 3.8) is 0 Å². The zero-order chi connectivity index (χ0) is 23.5. The summed E-state index contributed by atoms with van der Waals surface area (Å²) in [6.45, 7) is 7.28. The second kappa shape index (κ2) is 9.66. The zero-order valence-corrected chi connectivity index (χ0v) is 20.2. The van der Waals surface area contributed by atoms with Crippen molar-refractivity contribution in [2.24, 2.45) is 11.3 Å². The molecule has 2 saturated heterocycles. The van der Waals surface area contributed by atoms with E-state index in [9.17, 15) is 4.79 Å². The van der Waals surface area contributed by atoms with Crippen LogP contribution in [0, 0.1) is 11.3 Å². The van der Waals surface area contributed by atoms with Crippen LogP contribution in [0.15, 0.2) is 55.0 Å². The number of fused-ring (bicyclic) bond motifs is 1. The molecule has 0 bridgehead atoms. The molecule has 0 aliphatic carbocycles. The summed E-state index contributed by atoms with van der Waals surface area (Å²) in [4.78, 5) is 33.9. The van der Waals surface area contributed by atoms with Gasteiger partial charge in [-0.25, -0.2) is 9.97 Å². The molecule has 3 aromatic rings. The number of para-hydroxylation sites is 1. The van der Waals surface area contributed by atoms with Crippen LogP contribution in [0.5, 0.6) is 0 Å². The number of hydrogen-bond acceptors (Lipinski definition) is 6. The number of hydrogen-bond donors (Lipinski definition) is 0. The Hall–Kier alpha value is -3.06. The minimum absolute atomic E-state index is 0.304. The number of nitrogens with zero attached hydrogens (tertiary/aromatic N) is 6. The number of aromatic nitrogens is 3. The van der Waals surface area contributed by atoms with Gasteiger partial charge in [-0.1, -0.05) is 25.1 Å². The minimum Gasteiger partial charge on any atom is -0.341 e. The molecule has 1 amide bonds. The molecule has 0 spiro atoms. The van der Waals surface area contributed by atoms with Crippen molar-refractivity contribution in [2.45, 2.75) is 26.2 Å². The number of pyridine rings is 1. The summed E-state index contributed by atoms with van der Waals surface area (Å²) in [5, 5.41) is 1.18. The van der Waals surface area contributed by atoms with Crippen LogP contribution in [0.1, 0.15) is 25.3 Å². The molecule has 1 atom stereocenters. The molecule has 7 heteroatoms. The van der Waals surface area contributed by atoms with Gasteiger partial charge in [-0.05, 0) is 56.0 Å². The fourth-order valence-corrected chi connectivity index (χ4v) is 5.41. The lowest BCUT2D eigenvalue weighted by Crippen LogP contribution is -2.50. The van der Waals surface area contributed by atoms with Gasteiger partial charge in [0.15, 0.2) is 0 Å². The minimum atomic E-state index is -0.330. The second-order valence-corrected chi connectivity index (χ2v) is 10.2. The summed E-state index contributed by atoms with van der Waals surface area (Å²) in [6, 6.07) is 12.3. The third-order valence-electron chi connectivity index (χ3n) is 7.48. The number of carbonyl (C=O) groups excluding carboxylic acids is 1. The van der Waals surface area contributed by atoms with E-state index in [0.717, 1.165) is 70.0 Å². The van der Waals surface area contributed by atoms with E-state index < -0.39 is 0 Å². The van der Waals surface area contributed by atoms with Crippen molar-refractivity contribution in [3.05, 3.63) is 60.6 Å². The van der Waals surface area contributed by atoms with Crippen LogP contribution >= 0.6 is 0 Å². The molecular formula is C27H34N6O. The molecule has 178 valence electrons. The van der Waals surface area contributed by atoms with Crippen LogP contribution in [0.4, 0.5) is 5.95 Å². The molecule has 34 heavy (non-hydrogen) atoms. The Morgan fingerprint density at radius 1 is 1.00 bits per heavy atom. The molecule has 5 rings (SSSR count). The highest BCUT2D eigenvalue weighted by Crippen LogP contribution is 2.34. The molecule has 7 nitrogen and oxygen atoms in total. The molecule has 1 unspecified atom stereocenters. The number of rotatable bonds is 4. The van der Waals surface area contributed by atoms with Gasteiger partial charge in [0.05, 0.1) is 5.52 Å². The van der Waals surface area contributed by atoms with E-state index in [1.807, 2.05) is 18.3 Å². The molecule has 2 aliphatic heterocycles. The van der Waals surface area contributed by atoms with Crippen molar-refractivity contribution in [3.8, 4) is 0 Å². The van der Waals surface area contributed by atoms with Crippen LogP contribution in [-0.2, 0) is 11.2 Å². The number of likely N-dealkylation sites (N-methyl/N-ethyl adjacent to an activating group) is 1. The van der Waals surface area contributed by atoms with Crippen LogP contribution < -0.4 is 4.90 Å². The number of anilines is 1. The Kier molecular flexibility index (Phi) is 6.46. The van der Waals surface area contributed by atoms with E-state index in [1.54, 1.807) is 12.4 Å². The van der Waals surface area contributed by atoms with Gasteiger partial charge >= 0.3 is 0 Å². The Labute approximate surface area is 201 Å². The first-order valence-electron chi connectivity index (χ1n) is 12.3. The van der Waals surface area contributed by atoms with E-state index in [1.165, 1.54) is 10.9 Å². The van der Waals surface area contributed by atoms with E-state index in [-0.39, 0.29) is 5.41 Å². The lowest BCUT2D eigenvalue weighted by molar-refractivity contribution is -0.142.